The van der Waals surface area contributed by atoms with Crippen molar-refractivity contribution in [2.24, 2.45) is 0 Å². The Morgan fingerprint density at radius 2 is 1.91 bits per heavy atom. The topological polar surface area (TPSA) is 47.6 Å². The average Bonchev–Trinajstić information content (AvgIpc) is 2.54. The van der Waals surface area contributed by atoms with Crippen LogP contribution in [-0.4, -0.2) is 20.1 Å². The van der Waals surface area contributed by atoms with Crippen molar-refractivity contribution in [2.45, 2.75) is 13.0 Å². The van der Waals surface area contributed by atoms with Gasteiger partial charge in [0, 0.05) is 10.0 Å². The first-order valence-corrected chi connectivity index (χ1v) is 8.11. The van der Waals surface area contributed by atoms with Crippen molar-refractivity contribution in [3.63, 3.8) is 0 Å². The maximum Gasteiger partial charge on any atom is 0.251 e. The van der Waals surface area contributed by atoms with Gasteiger partial charge in [-0.2, -0.15) is 0 Å². The summed E-state index contributed by atoms with van der Waals surface area (Å²) in [6, 6.07) is 10.7. The molecular weight excluding hydrogens is 382 g/mol. The van der Waals surface area contributed by atoms with Crippen LogP contribution in [0.25, 0.3) is 0 Å². The molecule has 0 spiro atoms. The zero-order chi connectivity index (χ0) is 17.0. The van der Waals surface area contributed by atoms with Gasteiger partial charge in [0.1, 0.15) is 0 Å². The number of halogens is 2. The Balaban J connectivity index is 2.24. The van der Waals surface area contributed by atoms with Crippen LogP contribution in [0.4, 0.5) is 0 Å². The number of rotatable bonds is 5. The molecule has 4 nitrogen and oxygen atoms in total. The summed E-state index contributed by atoms with van der Waals surface area (Å²) in [6.07, 6.45) is 0. The molecule has 23 heavy (non-hydrogen) atoms. The molecule has 0 bridgehead atoms. The zero-order valence-corrected chi connectivity index (χ0v) is 15.4. The Labute approximate surface area is 148 Å². The second-order valence-corrected chi connectivity index (χ2v) is 6.17. The second kappa shape index (κ2) is 7.70. The monoisotopic (exact) mass is 397 g/mol. The van der Waals surface area contributed by atoms with E-state index < -0.39 is 0 Å². The number of hydrogen-bond acceptors (Lipinski definition) is 3. The van der Waals surface area contributed by atoms with E-state index in [9.17, 15) is 4.79 Å². The minimum Gasteiger partial charge on any atom is -0.493 e. The molecule has 1 amide bonds. The van der Waals surface area contributed by atoms with Crippen LogP contribution in [0.1, 0.15) is 28.9 Å². The van der Waals surface area contributed by atoms with E-state index in [4.69, 9.17) is 21.1 Å². The molecule has 2 aromatic carbocycles. The Hall–Kier alpha value is -1.72. The Morgan fingerprint density at radius 3 is 2.52 bits per heavy atom. The largest absolute Gasteiger partial charge is 0.493 e. The Bertz CT molecular complexity index is 721. The second-order valence-electron chi connectivity index (χ2n) is 4.91. The van der Waals surface area contributed by atoms with Crippen LogP contribution in [0.2, 0.25) is 5.02 Å². The molecule has 0 aliphatic carbocycles. The lowest BCUT2D eigenvalue weighted by Crippen LogP contribution is -2.26. The molecule has 6 heteroatoms. The summed E-state index contributed by atoms with van der Waals surface area (Å²) in [7, 11) is 3.00. The lowest BCUT2D eigenvalue weighted by Gasteiger charge is -2.17. The van der Waals surface area contributed by atoms with Gasteiger partial charge in [-0.3, -0.25) is 4.79 Å². The van der Waals surface area contributed by atoms with Gasteiger partial charge < -0.3 is 14.8 Å². The summed E-state index contributed by atoms with van der Waals surface area (Å²) in [4.78, 5) is 12.5. The highest BCUT2D eigenvalue weighted by molar-refractivity contribution is 9.10. The molecule has 122 valence electrons. The number of benzene rings is 2. The fourth-order valence-corrected chi connectivity index (χ4v) is 3.15. The van der Waals surface area contributed by atoms with Gasteiger partial charge in [0.15, 0.2) is 11.5 Å². The molecule has 0 saturated carbocycles. The van der Waals surface area contributed by atoms with Crippen molar-refractivity contribution >= 4 is 33.4 Å². The fraction of sp³-hybridized carbons (Fsp3) is 0.235. The maximum absolute atomic E-state index is 12.5. The van der Waals surface area contributed by atoms with Crippen LogP contribution in [0.15, 0.2) is 40.9 Å². The number of ether oxygens (including phenoxy) is 2. The first-order valence-electron chi connectivity index (χ1n) is 6.94. The van der Waals surface area contributed by atoms with Crippen LogP contribution >= 0.6 is 27.5 Å². The lowest BCUT2D eigenvalue weighted by atomic mass is 10.1. The molecule has 0 aromatic heterocycles. The molecule has 2 rings (SSSR count). The van der Waals surface area contributed by atoms with Crippen LogP contribution < -0.4 is 14.8 Å². The van der Waals surface area contributed by atoms with Gasteiger partial charge >= 0.3 is 0 Å². The number of carbonyl (C=O) groups is 1. The fourth-order valence-electron chi connectivity index (χ4n) is 2.23. The predicted molar refractivity (Wildman–Crippen MR) is 94.6 cm³/mol. The van der Waals surface area contributed by atoms with Crippen molar-refractivity contribution in [2.75, 3.05) is 14.2 Å². The van der Waals surface area contributed by atoms with Crippen LogP contribution in [0, 0.1) is 0 Å². The van der Waals surface area contributed by atoms with Crippen LogP contribution in [0.3, 0.4) is 0 Å². The first-order chi connectivity index (χ1) is 11.0. The highest BCUT2D eigenvalue weighted by atomic mass is 79.9. The van der Waals surface area contributed by atoms with Crippen molar-refractivity contribution in [3.8, 4) is 11.5 Å². The Morgan fingerprint density at radius 1 is 1.22 bits per heavy atom. The third-order valence-corrected chi connectivity index (χ3v) is 4.42. The van der Waals surface area contributed by atoms with E-state index in [2.05, 4.69) is 21.2 Å². The highest BCUT2D eigenvalue weighted by Gasteiger charge is 2.18. The standard InChI is InChI=1S/C17H17BrClNO3/c1-10(12-6-4-5-7-13(12)18)20-17(21)11-8-14(19)16(23-3)15(9-11)22-2/h4-10H,1-3H3,(H,20,21)/t10-/m1/s1. The van der Waals surface area contributed by atoms with Crippen molar-refractivity contribution < 1.29 is 14.3 Å². The van der Waals surface area contributed by atoms with E-state index in [1.165, 1.54) is 14.2 Å². The maximum atomic E-state index is 12.5. The molecule has 2 aromatic rings. The van der Waals surface area contributed by atoms with Gasteiger partial charge in [0.05, 0.1) is 25.3 Å². The predicted octanol–water partition coefficient (Wildman–Crippen LogP) is 4.61. The molecule has 1 N–H and O–H groups in total. The minimum absolute atomic E-state index is 0.162. The molecule has 0 fully saturated rings. The average molecular weight is 399 g/mol. The molecular formula is C17H17BrClNO3. The number of amides is 1. The van der Waals surface area contributed by atoms with Crippen molar-refractivity contribution in [3.05, 3.63) is 57.0 Å². The summed E-state index contributed by atoms with van der Waals surface area (Å²) >= 11 is 9.63. The molecule has 0 aliphatic rings. The smallest absolute Gasteiger partial charge is 0.251 e. The van der Waals surface area contributed by atoms with Gasteiger partial charge in [-0.1, -0.05) is 45.7 Å². The van der Waals surface area contributed by atoms with E-state index in [1.807, 2.05) is 31.2 Å². The summed E-state index contributed by atoms with van der Waals surface area (Å²) < 4.78 is 11.3. The molecule has 0 heterocycles. The summed E-state index contributed by atoms with van der Waals surface area (Å²) in [5, 5.41) is 3.27. The molecule has 0 radical (unpaired) electrons. The molecule has 1 atom stereocenters. The summed E-state index contributed by atoms with van der Waals surface area (Å²) in [6.45, 7) is 1.92. The lowest BCUT2D eigenvalue weighted by molar-refractivity contribution is 0.0939. The number of carbonyl (C=O) groups excluding carboxylic acids is 1. The SMILES string of the molecule is COc1cc(C(=O)N[C@H](C)c2ccccc2Br)cc(Cl)c1OC. The van der Waals surface area contributed by atoms with E-state index in [0.717, 1.165) is 10.0 Å². The van der Waals surface area contributed by atoms with Gasteiger partial charge in [0.2, 0.25) is 0 Å². The molecule has 0 unspecified atom stereocenters. The molecule has 0 saturated heterocycles. The van der Waals surface area contributed by atoms with E-state index in [1.54, 1.807) is 12.1 Å². The third-order valence-electron chi connectivity index (χ3n) is 3.42. The van der Waals surface area contributed by atoms with Gasteiger partial charge in [-0.15, -0.1) is 0 Å². The van der Waals surface area contributed by atoms with Crippen LogP contribution in [-0.2, 0) is 0 Å². The first kappa shape index (κ1) is 17.6. The van der Waals surface area contributed by atoms with Gasteiger partial charge in [-0.25, -0.2) is 0 Å². The summed E-state index contributed by atoms with van der Waals surface area (Å²) in [5.41, 5.74) is 1.40. The normalized spacial score (nSPS) is 11.7. The number of nitrogens with one attached hydrogen (secondary N) is 1. The minimum atomic E-state index is -0.240. The molecule has 0 aliphatic heterocycles. The van der Waals surface area contributed by atoms with E-state index >= 15 is 0 Å². The van der Waals surface area contributed by atoms with E-state index in [-0.39, 0.29) is 11.9 Å². The Kier molecular flexibility index (Phi) is 5.91. The quantitative estimate of drug-likeness (QED) is 0.800. The number of hydrogen-bond donors (Lipinski definition) is 1. The van der Waals surface area contributed by atoms with E-state index in [0.29, 0.717) is 22.1 Å². The van der Waals surface area contributed by atoms with Crippen LogP contribution in [0.5, 0.6) is 11.5 Å². The van der Waals surface area contributed by atoms with Gasteiger partial charge in [0.25, 0.3) is 5.91 Å². The van der Waals surface area contributed by atoms with Gasteiger partial charge in [-0.05, 0) is 30.7 Å². The van der Waals surface area contributed by atoms with Crippen molar-refractivity contribution in [1.29, 1.82) is 0 Å². The zero-order valence-electron chi connectivity index (χ0n) is 13.0. The van der Waals surface area contributed by atoms with Crippen molar-refractivity contribution in [1.82, 2.24) is 5.32 Å². The number of methoxy groups -OCH3 is 2. The highest BCUT2D eigenvalue weighted by Crippen LogP contribution is 2.36. The third kappa shape index (κ3) is 3.98. The summed E-state index contributed by atoms with van der Waals surface area (Å²) in [5.74, 6) is 0.583.